The first kappa shape index (κ1) is 17.3. The Bertz CT molecular complexity index is 867. The molecule has 2 N–H and O–H groups in total. The van der Waals surface area contributed by atoms with Crippen LogP contribution in [0.4, 0.5) is 5.69 Å². The number of hydrogen-bond donors (Lipinski definition) is 1. The van der Waals surface area contributed by atoms with Crippen molar-refractivity contribution in [3.63, 3.8) is 0 Å². The van der Waals surface area contributed by atoms with Crippen molar-refractivity contribution in [2.45, 2.75) is 5.16 Å². The molecule has 0 fully saturated rings. The Labute approximate surface area is 154 Å². The van der Waals surface area contributed by atoms with Crippen molar-refractivity contribution >= 4 is 35.0 Å². The number of amides is 1. The summed E-state index contributed by atoms with van der Waals surface area (Å²) in [5, 5.41) is 9.27. The summed E-state index contributed by atoms with van der Waals surface area (Å²) in [6.45, 7) is 0. The van der Waals surface area contributed by atoms with E-state index in [0.717, 1.165) is 11.3 Å². The van der Waals surface area contributed by atoms with Crippen molar-refractivity contribution in [1.82, 2.24) is 14.9 Å². The Kier molecular flexibility index (Phi) is 5.25. The number of para-hydroxylation sites is 1. The summed E-state index contributed by atoms with van der Waals surface area (Å²) < 4.78 is 1.38. The zero-order valence-electron chi connectivity index (χ0n) is 13.5. The lowest BCUT2D eigenvalue weighted by Gasteiger charge is -2.16. The molecule has 25 heavy (non-hydrogen) atoms. The lowest BCUT2D eigenvalue weighted by Crippen LogP contribution is -2.28. The van der Waals surface area contributed by atoms with Gasteiger partial charge >= 0.3 is 0 Å². The molecule has 3 rings (SSSR count). The second kappa shape index (κ2) is 7.58. The van der Waals surface area contributed by atoms with Crippen LogP contribution >= 0.6 is 23.4 Å². The highest BCUT2D eigenvalue weighted by Gasteiger charge is 2.16. The number of carbonyl (C=O) groups is 1. The molecular weight excluding hydrogens is 358 g/mol. The molecule has 0 atom stereocenters. The highest BCUT2D eigenvalue weighted by Crippen LogP contribution is 2.23. The Hall–Kier alpha value is -2.51. The molecule has 8 heteroatoms. The van der Waals surface area contributed by atoms with Crippen molar-refractivity contribution in [2.24, 2.45) is 0 Å². The number of carbonyl (C=O) groups excluding carboxylic acids is 1. The van der Waals surface area contributed by atoms with E-state index < -0.39 is 0 Å². The van der Waals surface area contributed by atoms with E-state index in [-0.39, 0.29) is 11.7 Å². The fourth-order valence-corrected chi connectivity index (χ4v) is 3.09. The lowest BCUT2D eigenvalue weighted by molar-refractivity contribution is -0.115. The fraction of sp³-hybridized carbons (Fsp3) is 0.118. The molecule has 0 bridgehead atoms. The summed E-state index contributed by atoms with van der Waals surface area (Å²) >= 11 is 7.13. The first-order valence-electron chi connectivity index (χ1n) is 7.47. The summed E-state index contributed by atoms with van der Waals surface area (Å²) in [6, 6.07) is 16.6. The van der Waals surface area contributed by atoms with E-state index >= 15 is 0 Å². The van der Waals surface area contributed by atoms with Gasteiger partial charge in [0, 0.05) is 23.3 Å². The Balaban J connectivity index is 1.68. The van der Waals surface area contributed by atoms with Gasteiger partial charge in [0.1, 0.15) is 0 Å². The SMILES string of the molecule is CN(C(=O)CSc1nnc(-c2ccc(Cl)cc2)n1N)c1ccccc1. The molecule has 2 aromatic carbocycles. The third kappa shape index (κ3) is 3.94. The molecule has 0 aliphatic carbocycles. The Morgan fingerprint density at radius 1 is 1.16 bits per heavy atom. The first-order chi connectivity index (χ1) is 12.1. The van der Waals surface area contributed by atoms with E-state index in [1.165, 1.54) is 16.4 Å². The minimum Gasteiger partial charge on any atom is -0.335 e. The molecule has 0 saturated carbocycles. The molecular formula is C17H16ClN5OS. The summed E-state index contributed by atoms with van der Waals surface area (Å²) in [7, 11) is 1.74. The van der Waals surface area contributed by atoms with Gasteiger partial charge in [-0.05, 0) is 36.4 Å². The van der Waals surface area contributed by atoms with E-state index in [9.17, 15) is 4.79 Å². The number of nitrogen functional groups attached to an aromatic ring is 1. The second-order valence-electron chi connectivity index (χ2n) is 5.26. The maximum absolute atomic E-state index is 12.3. The molecule has 0 aliphatic rings. The fourth-order valence-electron chi connectivity index (χ4n) is 2.19. The standard InChI is InChI=1S/C17H16ClN5OS/c1-22(14-5-3-2-4-6-14)15(24)11-25-17-21-20-16(23(17)19)12-7-9-13(18)10-8-12/h2-10H,11,19H2,1H3. The van der Waals surface area contributed by atoms with Crippen LogP contribution < -0.4 is 10.7 Å². The van der Waals surface area contributed by atoms with Gasteiger partial charge in [0.15, 0.2) is 5.82 Å². The maximum atomic E-state index is 12.3. The molecule has 3 aromatic rings. The molecule has 0 saturated heterocycles. The van der Waals surface area contributed by atoms with Gasteiger partial charge in [0.25, 0.3) is 0 Å². The Morgan fingerprint density at radius 3 is 2.52 bits per heavy atom. The van der Waals surface area contributed by atoms with E-state index in [0.29, 0.717) is 16.0 Å². The predicted molar refractivity (Wildman–Crippen MR) is 101 cm³/mol. The van der Waals surface area contributed by atoms with E-state index in [4.69, 9.17) is 17.4 Å². The van der Waals surface area contributed by atoms with Crippen molar-refractivity contribution in [3.05, 3.63) is 59.6 Å². The number of thioether (sulfide) groups is 1. The van der Waals surface area contributed by atoms with Crippen LogP contribution in [0.2, 0.25) is 5.02 Å². The molecule has 1 heterocycles. The van der Waals surface area contributed by atoms with E-state index in [1.807, 2.05) is 42.5 Å². The number of benzene rings is 2. The van der Waals surface area contributed by atoms with Crippen LogP contribution in [0.15, 0.2) is 59.8 Å². The number of aromatic nitrogens is 3. The van der Waals surface area contributed by atoms with Crippen LogP contribution in [0, 0.1) is 0 Å². The van der Waals surface area contributed by atoms with Crippen LogP contribution in [0.3, 0.4) is 0 Å². The van der Waals surface area contributed by atoms with Crippen molar-refractivity contribution in [2.75, 3.05) is 23.5 Å². The van der Waals surface area contributed by atoms with Gasteiger partial charge < -0.3 is 10.7 Å². The van der Waals surface area contributed by atoms with Gasteiger partial charge in [-0.15, -0.1) is 10.2 Å². The maximum Gasteiger partial charge on any atom is 0.237 e. The van der Waals surface area contributed by atoms with Gasteiger partial charge in [0.2, 0.25) is 11.1 Å². The first-order valence-corrected chi connectivity index (χ1v) is 8.83. The minimum atomic E-state index is -0.0488. The second-order valence-corrected chi connectivity index (χ2v) is 6.64. The predicted octanol–water partition coefficient (Wildman–Crippen LogP) is 3.07. The zero-order valence-corrected chi connectivity index (χ0v) is 15.0. The van der Waals surface area contributed by atoms with Crippen LogP contribution in [0.5, 0.6) is 0 Å². The monoisotopic (exact) mass is 373 g/mol. The number of nitrogens with two attached hydrogens (primary N) is 1. The van der Waals surface area contributed by atoms with Crippen LogP contribution in [-0.4, -0.2) is 33.6 Å². The van der Waals surface area contributed by atoms with Gasteiger partial charge in [-0.1, -0.05) is 41.6 Å². The molecule has 0 spiro atoms. The van der Waals surface area contributed by atoms with Gasteiger partial charge in [-0.25, -0.2) is 4.68 Å². The lowest BCUT2D eigenvalue weighted by atomic mass is 10.2. The summed E-state index contributed by atoms with van der Waals surface area (Å²) in [6.07, 6.45) is 0. The number of rotatable bonds is 5. The zero-order chi connectivity index (χ0) is 17.8. The normalized spacial score (nSPS) is 10.6. The van der Waals surface area contributed by atoms with Gasteiger partial charge in [-0.2, -0.15) is 0 Å². The van der Waals surface area contributed by atoms with Gasteiger partial charge in [-0.3, -0.25) is 4.79 Å². The quantitative estimate of drug-likeness (QED) is 0.549. The number of halogens is 1. The van der Waals surface area contributed by atoms with Crippen LogP contribution in [-0.2, 0) is 4.79 Å². The van der Waals surface area contributed by atoms with Crippen molar-refractivity contribution < 1.29 is 4.79 Å². The third-order valence-corrected chi connectivity index (χ3v) is 4.79. The summed E-state index contributed by atoms with van der Waals surface area (Å²) in [5.41, 5.74) is 1.64. The number of hydrogen-bond acceptors (Lipinski definition) is 5. The van der Waals surface area contributed by atoms with Gasteiger partial charge in [0.05, 0.1) is 5.75 Å². The van der Waals surface area contributed by atoms with Crippen LogP contribution in [0.25, 0.3) is 11.4 Å². The molecule has 0 unspecified atom stereocenters. The molecule has 1 aromatic heterocycles. The smallest absolute Gasteiger partial charge is 0.237 e. The largest absolute Gasteiger partial charge is 0.335 e. The highest BCUT2D eigenvalue weighted by atomic mass is 35.5. The molecule has 0 radical (unpaired) electrons. The molecule has 128 valence electrons. The average Bonchev–Trinajstić information content (AvgIpc) is 3.01. The van der Waals surface area contributed by atoms with Crippen molar-refractivity contribution in [1.29, 1.82) is 0 Å². The van der Waals surface area contributed by atoms with Crippen molar-refractivity contribution in [3.8, 4) is 11.4 Å². The van der Waals surface area contributed by atoms with E-state index in [1.54, 1.807) is 24.1 Å². The summed E-state index contributed by atoms with van der Waals surface area (Å²) in [4.78, 5) is 13.9. The third-order valence-electron chi connectivity index (χ3n) is 3.61. The van der Waals surface area contributed by atoms with E-state index in [2.05, 4.69) is 10.2 Å². The topological polar surface area (TPSA) is 77.0 Å². The average molecular weight is 374 g/mol. The highest BCUT2D eigenvalue weighted by molar-refractivity contribution is 7.99. The molecule has 6 nitrogen and oxygen atoms in total. The minimum absolute atomic E-state index is 0.0488. The molecule has 0 aliphatic heterocycles. The molecule has 1 amide bonds. The van der Waals surface area contributed by atoms with Crippen LogP contribution in [0.1, 0.15) is 0 Å². The number of nitrogens with zero attached hydrogens (tertiary/aromatic N) is 4. The summed E-state index contributed by atoms with van der Waals surface area (Å²) in [5.74, 6) is 6.74. The number of anilines is 1. The Morgan fingerprint density at radius 2 is 1.84 bits per heavy atom.